The van der Waals surface area contributed by atoms with Gasteiger partial charge in [0.15, 0.2) is 11.6 Å². The van der Waals surface area contributed by atoms with Crippen molar-refractivity contribution in [2.45, 2.75) is 110 Å². The number of benzene rings is 3. The fraction of sp³-hybridized carbons (Fsp3) is 0.404. The van der Waals surface area contributed by atoms with Gasteiger partial charge in [0.25, 0.3) is 0 Å². The Kier molecular flexibility index (Phi) is 22.0. The maximum absolute atomic E-state index is 14.0. The minimum Gasteiger partial charge on any atom is -0.463 e. The van der Waals surface area contributed by atoms with Crippen LogP contribution in [0, 0.1) is 68.5 Å². The Hall–Kier alpha value is -8.35. The van der Waals surface area contributed by atoms with E-state index in [1.54, 1.807) is 102 Å². The molecule has 33 heteroatoms. The Morgan fingerprint density at radius 1 is 0.667 bits per heavy atom. The molecule has 0 amide bonds. The predicted molar refractivity (Wildman–Crippen MR) is 308 cm³/mol. The number of nitrogen functional groups attached to an aromatic ring is 2. The summed E-state index contributed by atoms with van der Waals surface area (Å²) in [6.07, 6.45) is -5.07. The zero-order chi connectivity index (χ0) is 66.2. The van der Waals surface area contributed by atoms with E-state index in [1.165, 1.54) is 59.8 Å². The fourth-order valence-electron chi connectivity index (χ4n) is 9.29. The number of ether oxygens (including phenoxy) is 4. The van der Waals surface area contributed by atoms with Crippen molar-refractivity contribution in [3.8, 4) is 29.4 Å². The number of esters is 2. The van der Waals surface area contributed by atoms with E-state index >= 15 is 0 Å². The van der Waals surface area contributed by atoms with Gasteiger partial charge < -0.3 is 59.3 Å². The van der Waals surface area contributed by atoms with E-state index in [0.29, 0.717) is 28.2 Å². The van der Waals surface area contributed by atoms with Crippen LogP contribution < -0.4 is 30.1 Å². The first-order valence-electron chi connectivity index (χ1n) is 27.4. The van der Waals surface area contributed by atoms with E-state index in [-0.39, 0.29) is 30.0 Å². The summed E-state index contributed by atoms with van der Waals surface area (Å²) in [6, 6.07) is 25.5. The number of hydrogen-bond donors (Lipinski definition) is 6. The van der Waals surface area contributed by atoms with Gasteiger partial charge in [0.1, 0.15) is 88.7 Å². The Morgan fingerprint density at radius 3 is 1.56 bits per heavy atom. The molecule has 12 atom stereocenters. The predicted octanol–water partition coefficient (Wildman–Crippen LogP) is 8.03. The Bertz CT molecular complexity index is 3860. The summed E-state index contributed by atoms with van der Waals surface area (Å²) in [5, 5.41) is 61.1. The van der Waals surface area contributed by atoms with Crippen LogP contribution in [0.4, 0.5) is 33.6 Å². The summed E-state index contributed by atoms with van der Waals surface area (Å²) in [7, 11) is -8.88. The number of rotatable bonds is 20. The molecule has 0 aliphatic carbocycles. The number of carbonyl (C=O) groups excluding carboxylic acids is 2. The molecule has 0 radical (unpaired) electrons. The normalized spacial score (nSPS) is 23.2. The first-order valence-corrected chi connectivity index (χ1v) is 30.7. The third-order valence-electron chi connectivity index (χ3n) is 13.9. The number of nitrogens with two attached hydrogens (primary N) is 2. The largest absolute Gasteiger partial charge is 0.463 e. The molecule has 0 bridgehead atoms. The standard InChI is InChI=1S/C25H31N6O7P.C19H18F5O5P.C13H15N5O3/c1-15(2)36-24(33)16(3)30-39(34,38-17-8-6-5-7-9-17)35-12-20-21(32)25(4,13-26)22(37-20)18-10-11-19-23(27)28-14-29-31(18)19;1-10(2)27-19(25)11(3)9-30(26,28-12-7-5-4-6-8-12)29-18-16(23)14(21)13(20)15(22)17(18)24;1-13(5-14)10(20)9(4-19)21-11(13)7-2-3-8-12(15)16-6-17-18(7)8/h5-11,14-16,20-22,32H,12H2,1-4H3,(H,30,34)(H2,27,28,29);4-8,10-11H,9H2,1-3H3;2-3,6,9-11,19-20H,4H2,1H3,(H2,15,16,17)/t16-,20+,21+,22-,25+,39?;11-,30?;9-,10-,11+,13-/m011/s1. The van der Waals surface area contributed by atoms with Crippen LogP contribution in [0.2, 0.25) is 0 Å². The van der Waals surface area contributed by atoms with Crippen molar-refractivity contribution in [3.63, 3.8) is 0 Å². The molecule has 0 saturated carbocycles. The molecule has 7 aromatic rings. The molecule has 4 aromatic heterocycles. The van der Waals surface area contributed by atoms with Crippen LogP contribution in [0.3, 0.4) is 0 Å². The van der Waals surface area contributed by atoms with Crippen LogP contribution in [0.1, 0.15) is 79.0 Å². The summed E-state index contributed by atoms with van der Waals surface area (Å²) in [4.78, 5) is 32.3. The number of nitrogens with one attached hydrogen (secondary N) is 1. The Labute approximate surface area is 511 Å². The monoisotopic (exact) mass is 1300 g/mol. The highest BCUT2D eigenvalue weighted by molar-refractivity contribution is 7.54. The number of hydrogen-bond acceptors (Lipinski definition) is 23. The van der Waals surface area contributed by atoms with Gasteiger partial charge >= 0.3 is 27.3 Å². The smallest absolute Gasteiger partial charge is 0.459 e. The zero-order valence-electron chi connectivity index (χ0n) is 49.4. The van der Waals surface area contributed by atoms with Crippen molar-refractivity contribution in [1.29, 1.82) is 10.5 Å². The van der Waals surface area contributed by atoms with Gasteiger partial charge in [-0.05, 0) is 97.0 Å². The first-order chi connectivity index (χ1) is 42.4. The van der Waals surface area contributed by atoms with Crippen molar-refractivity contribution < 1.29 is 93.0 Å². The van der Waals surface area contributed by atoms with Crippen LogP contribution in [0.15, 0.2) is 97.6 Å². The average Bonchev–Trinajstić information content (AvgIpc) is 1.59. The molecular formula is C57H64F5N11O15P2. The van der Waals surface area contributed by atoms with Gasteiger partial charge in [-0.3, -0.25) is 14.1 Å². The first kappa shape index (κ1) is 69.1. The van der Waals surface area contributed by atoms with Gasteiger partial charge in [0.05, 0.1) is 61.0 Å². The number of anilines is 2. The van der Waals surface area contributed by atoms with E-state index in [9.17, 15) is 66.5 Å². The maximum atomic E-state index is 14.0. The van der Waals surface area contributed by atoms with Gasteiger partial charge in [-0.1, -0.05) is 43.3 Å². The van der Waals surface area contributed by atoms with Gasteiger partial charge in [0, 0.05) is 0 Å². The quantitative estimate of drug-likeness (QED) is 0.0138. The molecule has 8 N–H and O–H groups in total. The van der Waals surface area contributed by atoms with E-state index in [1.807, 2.05) is 0 Å². The Balaban J connectivity index is 0.000000201. The van der Waals surface area contributed by atoms with E-state index in [2.05, 4.69) is 37.4 Å². The number of aromatic nitrogens is 6. The van der Waals surface area contributed by atoms with Gasteiger partial charge in [-0.15, -0.1) is 0 Å². The number of halogens is 5. The summed E-state index contributed by atoms with van der Waals surface area (Å²) in [6.45, 7) is 11.6. The van der Waals surface area contributed by atoms with E-state index < -0.39 is 140 Å². The number of aliphatic hydroxyl groups is 3. The second-order valence-electron chi connectivity index (χ2n) is 21.5. The minimum absolute atomic E-state index is 0.0749. The lowest BCUT2D eigenvalue weighted by molar-refractivity contribution is -0.151. The maximum Gasteiger partial charge on any atom is 0.459 e. The third kappa shape index (κ3) is 15.1. The topological polar surface area (TPSA) is 375 Å². The summed E-state index contributed by atoms with van der Waals surface area (Å²) < 4.78 is 142. The number of carbonyl (C=O) groups is 2. The number of fused-ring (bicyclic) bond motifs is 2. The number of para-hydroxylation sites is 2. The zero-order valence-corrected chi connectivity index (χ0v) is 51.2. The molecule has 2 aliphatic heterocycles. The van der Waals surface area contributed by atoms with Crippen molar-refractivity contribution in [1.82, 2.24) is 34.3 Å². The Morgan fingerprint density at radius 2 is 1.10 bits per heavy atom. The second-order valence-corrected chi connectivity index (χ2v) is 25.1. The van der Waals surface area contributed by atoms with E-state index in [0.717, 1.165) is 0 Å². The van der Waals surface area contributed by atoms with Crippen LogP contribution in [0.25, 0.3) is 11.0 Å². The summed E-state index contributed by atoms with van der Waals surface area (Å²) >= 11 is 0. The molecule has 6 heterocycles. The van der Waals surface area contributed by atoms with Crippen molar-refractivity contribution in [2.75, 3.05) is 30.8 Å². The molecule has 9 rings (SSSR count). The van der Waals surface area contributed by atoms with Crippen LogP contribution in [-0.2, 0) is 42.2 Å². The molecule has 26 nitrogen and oxygen atoms in total. The van der Waals surface area contributed by atoms with Crippen LogP contribution in [-0.4, -0.2) is 118 Å². The lowest BCUT2D eigenvalue weighted by atomic mass is 9.79. The lowest BCUT2D eigenvalue weighted by Crippen LogP contribution is -2.39. The van der Waals surface area contributed by atoms with Gasteiger partial charge in [0.2, 0.25) is 34.8 Å². The van der Waals surface area contributed by atoms with Crippen LogP contribution in [0.5, 0.6) is 17.2 Å². The number of nitrogens with zero attached hydrogens (tertiary/aromatic N) is 8. The second kappa shape index (κ2) is 28.6. The molecule has 2 unspecified atom stereocenters. The average molecular weight is 1300 g/mol. The molecule has 90 heavy (non-hydrogen) atoms. The molecule has 2 saturated heterocycles. The summed E-state index contributed by atoms with van der Waals surface area (Å²) in [5.74, 6) is -15.3. The highest BCUT2D eigenvalue weighted by Crippen LogP contribution is 2.54. The molecule has 2 aliphatic rings. The molecule has 3 aromatic carbocycles. The molecule has 482 valence electrons. The van der Waals surface area contributed by atoms with Gasteiger partial charge in [-0.25, -0.2) is 41.3 Å². The SMILES string of the molecule is CC(C)OC(=O)[C@H](C)CP(=O)(Oc1ccccc1)Oc1c(F)c(F)c(F)c(F)c1F.CC(C)OC(=O)[C@H](C)NP(=O)(OC[C@H]1O[C@@H](c2ccc3c(N)ncnn23)[C@](C)(C#N)[C@@H]1O)Oc1ccccc1.C[C@@]1(C#N)[C@H](O)[C@@H](CO)O[C@H]1c1ccc2c(N)ncnn12. The van der Waals surface area contributed by atoms with Gasteiger partial charge in [-0.2, -0.15) is 34.6 Å². The highest BCUT2D eigenvalue weighted by Gasteiger charge is 2.57. The van der Waals surface area contributed by atoms with Crippen molar-refractivity contribution in [3.05, 3.63) is 138 Å². The van der Waals surface area contributed by atoms with E-state index in [4.69, 9.17) is 48.5 Å². The van der Waals surface area contributed by atoms with Crippen LogP contribution >= 0.6 is 15.3 Å². The fourth-order valence-corrected chi connectivity index (χ4v) is 12.7. The van der Waals surface area contributed by atoms with Crippen molar-refractivity contribution >= 4 is 49.9 Å². The summed E-state index contributed by atoms with van der Waals surface area (Å²) in [5.41, 5.74) is 11.3. The van der Waals surface area contributed by atoms with Crippen molar-refractivity contribution in [2.24, 2.45) is 16.7 Å². The molecule has 2 fully saturated rings. The third-order valence-corrected chi connectivity index (χ3v) is 17.5. The lowest BCUT2D eigenvalue weighted by Gasteiger charge is -2.26. The molecular weight excluding hydrogens is 1240 g/mol. The number of aliphatic hydroxyl groups excluding tert-OH is 3. The minimum atomic E-state index is -4.66. The highest BCUT2D eigenvalue weighted by atomic mass is 31.2. The number of nitriles is 2. The molecule has 0 spiro atoms.